The van der Waals surface area contributed by atoms with Crippen LogP contribution in [0.1, 0.15) is 45.6 Å². The highest BCUT2D eigenvalue weighted by Gasteiger charge is 2.31. The third-order valence-electron chi connectivity index (χ3n) is 4.03. The van der Waals surface area contributed by atoms with Crippen molar-refractivity contribution in [1.29, 1.82) is 0 Å². The second kappa shape index (κ2) is 4.56. The van der Waals surface area contributed by atoms with E-state index < -0.39 is 0 Å². The number of aliphatic hydroxyl groups is 1. The highest BCUT2D eigenvalue weighted by Crippen LogP contribution is 2.40. The molecule has 0 saturated carbocycles. The zero-order valence-corrected chi connectivity index (χ0v) is 11.0. The predicted octanol–water partition coefficient (Wildman–Crippen LogP) is 4.60. The molecule has 0 unspecified atom stereocenters. The molecule has 2 rings (SSSR count). The number of allylic oxidation sites excluding steroid dienone is 2. The molecule has 0 aromatic heterocycles. The van der Waals surface area contributed by atoms with Gasteiger partial charge in [0.2, 0.25) is 0 Å². The first-order valence-electron chi connectivity index (χ1n) is 6.49. The Kier molecular flexibility index (Phi) is 3.28. The summed E-state index contributed by atoms with van der Waals surface area (Å²) >= 11 is 0. The first-order chi connectivity index (χ1) is 8.01. The van der Waals surface area contributed by atoms with E-state index in [0.717, 1.165) is 12.8 Å². The molecule has 1 aliphatic rings. The van der Waals surface area contributed by atoms with Gasteiger partial charge in [0, 0.05) is 11.8 Å². The Morgan fingerprint density at radius 2 is 1.82 bits per heavy atom. The van der Waals surface area contributed by atoms with Gasteiger partial charge in [-0.2, -0.15) is 0 Å². The zero-order valence-electron chi connectivity index (χ0n) is 11.0. The van der Waals surface area contributed by atoms with Crippen LogP contribution in [0.15, 0.2) is 41.7 Å². The van der Waals surface area contributed by atoms with Crippen molar-refractivity contribution in [3.63, 3.8) is 0 Å². The van der Waals surface area contributed by atoms with Gasteiger partial charge in [0.05, 0.1) is 5.76 Å². The van der Waals surface area contributed by atoms with E-state index in [4.69, 9.17) is 0 Å². The van der Waals surface area contributed by atoms with E-state index in [0.29, 0.717) is 11.7 Å². The standard InChI is InChI=1S/C16H22O/c1-12-9-10-14(15(17)11-12)16(2,3)13-7-5-4-6-8-13/h4-8,12,17H,9-11H2,1-3H3/t12-/m1/s1. The molecule has 0 radical (unpaired) electrons. The van der Waals surface area contributed by atoms with Gasteiger partial charge in [-0.1, -0.05) is 51.1 Å². The van der Waals surface area contributed by atoms with Gasteiger partial charge in [0.1, 0.15) is 0 Å². The highest BCUT2D eigenvalue weighted by atomic mass is 16.3. The fraction of sp³-hybridized carbons (Fsp3) is 0.500. The molecule has 1 N–H and O–H groups in total. The number of hydrogen-bond donors (Lipinski definition) is 1. The lowest BCUT2D eigenvalue weighted by Gasteiger charge is -2.33. The average Bonchev–Trinajstić information content (AvgIpc) is 2.29. The fourth-order valence-corrected chi connectivity index (χ4v) is 2.79. The maximum Gasteiger partial charge on any atom is 0.0926 e. The van der Waals surface area contributed by atoms with Gasteiger partial charge in [-0.15, -0.1) is 0 Å². The van der Waals surface area contributed by atoms with Crippen LogP contribution < -0.4 is 0 Å². The third-order valence-corrected chi connectivity index (χ3v) is 4.03. The predicted molar refractivity (Wildman–Crippen MR) is 72.1 cm³/mol. The summed E-state index contributed by atoms with van der Waals surface area (Å²) in [6, 6.07) is 10.5. The van der Waals surface area contributed by atoms with E-state index in [-0.39, 0.29) is 5.41 Å². The summed E-state index contributed by atoms with van der Waals surface area (Å²) < 4.78 is 0. The summed E-state index contributed by atoms with van der Waals surface area (Å²) in [5.74, 6) is 1.24. The molecule has 1 aliphatic carbocycles. The molecule has 0 spiro atoms. The van der Waals surface area contributed by atoms with E-state index in [9.17, 15) is 5.11 Å². The maximum absolute atomic E-state index is 10.2. The van der Waals surface area contributed by atoms with Gasteiger partial charge >= 0.3 is 0 Å². The van der Waals surface area contributed by atoms with Gasteiger partial charge in [-0.3, -0.25) is 0 Å². The van der Waals surface area contributed by atoms with E-state index in [1.807, 2.05) is 6.07 Å². The van der Waals surface area contributed by atoms with Crippen molar-refractivity contribution in [2.45, 2.75) is 45.4 Å². The van der Waals surface area contributed by atoms with Crippen LogP contribution in [0.5, 0.6) is 0 Å². The Labute approximate surface area is 104 Å². The first-order valence-corrected chi connectivity index (χ1v) is 6.49. The molecule has 0 bridgehead atoms. The SMILES string of the molecule is C[C@@H]1CCC(C(C)(C)c2ccccc2)=C(O)C1. The minimum atomic E-state index is -0.0501. The van der Waals surface area contributed by atoms with E-state index >= 15 is 0 Å². The lowest BCUT2D eigenvalue weighted by atomic mass is 9.71. The second-order valence-corrected chi connectivity index (χ2v) is 5.76. The molecule has 1 aromatic carbocycles. The van der Waals surface area contributed by atoms with Gasteiger partial charge in [-0.05, 0) is 29.9 Å². The van der Waals surface area contributed by atoms with Gasteiger partial charge in [-0.25, -0.2) is 0 Å². The van der Waals surface area contributed by atoms with Crippen LogP contribution in [0.3, 0.4) is 0 Å². The highest BCUT2D eigenvalue weighted by molar-refractivity contribution is 5.36. The van der Waals surface area contributed by atoms with Crippen LogP contribution in [0, 0.1) is 5.92 Å². The van der Waals surface area contributed by atoms with E-state index in [1.165, 1.54) is 17.6 Å². The van der Waals surface area contributed by atoms with Crippen LogP contribution in [0.25, 0.3) is 0 Å². The van der Waals surface area contributed by atoms with Crippen molar-refractivity contribution >= 4 is 0 Å². The van der Waals surface area contributed by atoms with Crippen molar-refractivity contribution in [3.8, 4) is 0 Å². The lowest BCUT2D eigenvalue weighted by molar-refractivity contribution is 0.304. The molecule has 0 fully saturated rings. The Balaban J connectivity index is 2.36. The Morgan fingerprint density at radius 1 is 1.18 bits per heavy atom. The van der Waals surface area contributed by atoms with E-state index in [1.54, 1.807) is 0 Å². The molecular weight excluding hydrogens is 208 g/mol. The third kappa shape index (κ3) is 2.38. The quantitative estimate of drug-likeness (QED) is 0.787. The van der Waals surface area contributed by atoms with Crippen molar-refractivity contribution in [1.82, 2.24) is 0 Å². The first kappa shape index (κ1) is 12.2. The Bertz CT molecular complexity index is 414. The second-order valence-electron chi connectivity index (χ2n) is 5.76. The summed E-state index contributed by atoms with van der Waals surface area (Å²) in [5, 5.41) is 10.2. The molecule has 0 heterocycles. The Morgan fingerprint density at radius 3 is 2.41 bits per heavy atom. The van der Waals surface area contributed by atoms with Crippen molar-refractivity contribution in [2.24, 2.45) is 5.92 Å². The average molecular weight is 230 g/mol. The molecule has 0 saturated heterocycles. The summed E-state index contributed by atoms with van der Waals surface area (Å²) in [6.45, 7) is 6.64. The van der Waals surface area contributed by atoms with Crippen molar-refractivity contribution < 1.29 is 5.11 Å². The van der Waals surface area contributed by atoms with Crippen LogP contribution >= 0.6 is 0 Å². The summed E-state index contributed by atoms with van der Waals surface area (Å²) in [5.41, 5.74) is 2.46. The zero-order chi connectivity index (χ0) is 12.5. The molecule has 1 heteroatoms. The van der Waals surface area contributed by atoms with Crippen LogP contribution in [-0.4, -0.2) is 5.11 Å². The smallest absolute Gasteiger partial charge is 0.0926 e. The minimum absolute atomic E-state index is 0.0501. The minimum Gasteiger partial charge on any atom is -0.512 e. The molecule has 1 aromatic rings. The van der Waals surface area contributed by atoms with Crippen LogP contribution in [0.2, 0.25) is 0 Å². The Hall–Kier alpha value is -1.24. The van der Waals surface area contributed by atoms with Crippen LogP contribution in [-0.2, 0) is 5.41 Å². The fourth-order valence-electron chi connectivity index (χ4n) is 2.79. The monoisotopic (exact) mass is 230 g/mol. The molecule has 0 aliphatic heterocycles. The van der Waals surface area contributed by atoms with Crippen molar-refractivity contribution in [2.75, 3.05) is 0 Å². The van der Waals surface area contributed by atoms with Gasteiger partial charge < -0.3 is 5.11 Å². The normalized spacial score (nSPS) is 21.7. The largest absolute Gasteiger partial charge is 0.512 e. The van der Waals surface area contributed by atoms with E-state index in [2.05, 4.69) is 45.0 Å². The molecular formula is C16H22O. The number of rotatable bonds is 2. The van der Waals surface area contributed by atoms with Gasteiger partial charge in [0.15, 0.2) is 0 Å². The summed E-state index contributed by atoms with van der Waals surface area (Å²) in [6.07, 6.45) is 3.05. The molecule has 92 valence electrons. The van der Waals surface area contributed by atoms with Gasteiger partial charge in [0.25, 0.3) is 0 Å². The summed E-state index contributed by atoms with van der Waals surface area (Å²) in [4.78, 5) is 0. The summed E-state index contributed by atoms with van der Waals surface area (Å²) in [7, 11) is 0. The molecule has 17 heavy (non-hydrogen) atoms. The van der Waals surface area contributed by atoms with Crippen LogP contribution in [0.4, 0.5) is 0 Å². The number of aliphatic hydroxyl groups excluding tert-OH is 1. The maximum atomic E-state index is 10.2. The molecule has 1 nitrogen and oxygen atoms in total. The lowest BCUT2D eigenvalue weighted by Crippen LogP contribution is -2.25. The molecule has 1 atom stereocenters. The molecule has 0 amide bonds. The number of benzene rings is 1. The topological polar surface area (TPSA) is 20.2 Å². The number of hydrogen-bond acceptors (Lipinski definition) is 1. The van der Waals surface area contributed by atoms with Crippen molar-refractivity contribution in [3.05, 3.63) is 47.2 Å².